The van der Waals surface area contributed by atoms with Gasteiger partial charge in [-0.15, -0.1) is 0 Å². The second kappa shape index (κ2) is 7.88. The molecule has 6 nitrogen and oxygen atoms in total. The van der Waals surface area contributed by atoms with Crippen LogP contribution in [0.5, 0.6) is 0 Å². The Balaban J connectivity index is 1.75. The summed E-state index contributed by atoms with van der Waals surface area (Å²) in [7, 11) is 3.38. The van der Waals surface area contributed by atoms with Crippen molar-refractivity contribution in [3.63, 3.8) is 0 Å². The third kappa shape index (κ3) is 4.34. The molecule has 0 radical (unpaired) electrons. The summed E-state index contributed by atoms with van der Waals surface area (Å²) < 4.78 is 5.71. The molecular weight excluding hydrogens is 342 g/mol. The molecule has 6 heteroatoms. The van der Waals surface area contributed by atoms with E-state index in [2.05, 4.69) is 4.98 Å². The van der Waals surface area contributed by atoms with Gasteiger partial charge in [0.15, 0.2) is 5.60 Å². The van der Waals surface area contributed by atoms with E-state index in [1.54, 1.807) is 38.2 Å². The summed E-state index contributed by atoms with van der Waals surface area (Å²) in [6.45, 7) is 2.77. The average Bonchev–Trinajstić information content (AvgIpc) is 2.67. The van der Waals surface area contributed by atoms with Gasteiger partial charge < -0.3 is 14.5 Å². The zero-order valence-corrected chi connectivity index (χ0v) is 16.0. The minimum absolute atomic E-state index is 0.104. The van der Waals surface area contributed by atoms with Crippen LogP contribution in [0.1, 0.15) is 28.5 Å². The second-order valence-electron chi connectivity index (χ2n) is 7.20. The van der Waals surface area contributed by atoms with E-state index in [-0.39, 0.29) is 18.4 Å². The third-order valence-corrected chi connectivity index (χ3v) is 4.71. The molecule has 2 amide bonds. The van der Waals surface area contributed by atoms with Crippen molar-refractivity contribution in [2.24, 2.45) is 0 Å². The van der Waals surface area contributed by atoms with Crippen LogP contribution in [0.3, 0.4) is 0 Å². The van der Waals surface area contributed by atoms with Crippen molar-refractivity contribution >= 4 is 11.8 Å². The second-order valence-corrected chi connectivity index (χ2v) is 7.20. The summed E-state index contributed by atoms with van der Waals surface area (Å²) in [5.41, 5.74) is 1.55. The van der Waals surface area contributed by atoms with Crippen LogP contribution in [-0.2, 0) is 16.0 Å². The summed E-state index contributed by atoms with van der Waals surface area (Å²) in [6.07, 6.45) is 2.33. The Kier molecular flexibility index (Phi) is 5.56. The zero-order chi connectivity index (χ0) is 19.4. The predicted molar refractivity (Wildman–Crippen MR) is 102 cm³/mol. The van der Waals surface area contributed by atoms with Gasteiger partial charge in [-0.3, -0.25) is 14.6 Å². The van der Waals surface area contributed by atoms with Crippen LogP contribution in [0.25, 0.3) is 0 Å². The van der Waals surface area contributed by atoms with E-state index in [4.69, 9.17) is 4.74 Å². The summed E-state index contributed by atoms with van der Waals surface area (Å²) in [4.78, 5) is 33.0. The van der Waals surface area contributed by atoms with E-state index in [1.807, 2.05) is 36.4 Å². The zero-order valence-electron chi connectivity index (χ0n) is 16.0. The average molecular weight is 367 g/mol. The molecule has 1 aromatic carbocycles. The number of nitrogens with zero attached hydrogens (tertiary/aromatic N) is 3. The van der Waals surface area contributed by atoms with Crippen molar-refractivity contribution in [1.82, 2.24) is 14.8 Å². The molecule has 2 heterocycles. The Bertz CT molecular complexity index is 822. The molecule has 0 N–H and O–H groups in total. The number of carbonyl (C=O) groups excluding carboxylic acids is 2. The molecule has 142 valence electrons. The van der Waals surface area contributed by atoms with Crippen molar-refractivity contribution in [3.8, 4) is 0 Å². The van der Waals surface area contributed by atoms with Crippen LogP contribution in [0.15, 0.2) is 48.7 Å². The largest absolute Gasteiger partial charge is 0.362 e. The van der Waals surface area contributed by atoms with E-state index in [0.29, 0.717) is 25.1 Å². The molecule has 1 fully saturated rings. The standard InChI is InChI=1S/C21H25N3O3/c1-21(20(26)23(2)3)15-24(11-12-27-21)19(25)17-9-10-22-18(14-17)13-16-7-5-4-6-8-16/h4-10,14H,11-13,15H2,1-3H3. The number of ether oxygens (including phenoxy) is 1. The Hall–Kier alpha value is -2.73. The molecule has 0 saturated carbocycles. The fourth-order valence-corrected chi connectivity index (χ4v) is 3.34. The van der Waals surface area contributed by atoms with Crippen LogP contribution < -0.4 is 0 Å². The van der Waals surface area contributed by atoms with Gasteiger partial charge in [0.05, 0.1) is 13.2 Å². The first kappa shape index (κ1) is 19.0. The monoisotopic (exact) mass is 367 g/mol. The summed E-state index contributed by atoms with van der Waals surface area (Å²) in [5.74, 6) is -0.243. The molecule has 0 spiro atoms. The number of hydrogen-bond donors (Lipinski definition) is 0. The van der Waals surface area contributed by atoms with Crippen LogP contribution in [0.2, 0.25) is 0 Å². The molecule has 3 rings (SSSR count). The van der Waals surface area contributed by atoms with Crippen molar-refractivity contribution in [2.45, 2.75) is 18.9 Å². The van der Waals surface area contributed by atoms with Crippen molar-refractivity contribution < 1.29 is 14.3 Å². The van der Waals surface area contributed by atoms with Crippen LogP contribution in [-0.4, -0.2) is 66.0 Å². The highest BCUT2D eigenvalue weighted by molar-refractivity contribution is 5.95. The first-order valence-corrected chi connectivity index (χ1v) is 9.03. The van der Waals surface area contributed by atoms with Gasteiger partial charge in [-0.25, -0.2) is 0 Å². The Morgan fingerprint density at radius 3 is 2.67 bits per heavy atom. The number of likely N-dealkylation sites (N-methyl/N-ethyl adjacent to an activating group) is 1. The summed E-state index contributed by atoms with van der Waals surface area (Å²) in [6, 6.07) is 13.6. The maximum absolute atomic E-state index is 13.0. The maximum atomic E-state index is 13.0. The lowest BCUT2D eigenvalue weighted by atomic mass is 10.0. The number of amides is 2. The Morgan fingerprint density at radius 2 is 1.96 bits per heavy atom. The lowest BCUT2D eigenvalue weighted by Crippen LogP contribution is -2.59. The summed E-state index contributed by atoms with van der Waals surface area (Å²) in [5, 5.41) is 0. The molecule has 0 bridgehead atoms. The molecule has 1 unspecified atom stereocenters. The number of pyridine rings is 1. The van der Waals surface area contributed by atoms with Crippen LogP contribution in [0, 0.1) is 0 Å². The quantitative estimate of drug-likeness (QED) is 0.829. The molecule has 1 aliphatic rings. The highest BCUT2D eigenvalue weighted by atomic mass is 16.5. The molecule has 1 aliphatic heterocycles. The van der Waals surface area contributed by atoms with Crippen LogP contribution in [0.4, 0.5) is 0 Å². The third-order valence-electron chi connectivity index (χ3n) is 4.71. The SMILES string of the molecule is CN(C)C(=O)C1(C)CN(C(=O)c2ccnc(Cc3ccccc3)c2)CCO1. The van der Waals surface area contributed by atoms with Gasteiger partial charge in [-0.1, -0.05) is 30.3 Å². The van der Waals surface area contributed by atoms with Crippen molar-refractivity contribution in [2.75, 3.05) is 33.8 Å². The lowest BCUT2D eigenvalue weighted by Gasteiger charge is -2.40. The topological polar surface area (TPSA) is 62.7 Å². The van der Waals surface area contributed by atoms with E-state index in [9.17, 15) is 9.59 Å². The fourth-order valence-electron chi connectivity index (χ4n) is 3.34. The molecule has 2 aromatic rings. The van der Waals surface area contributed by atoms with E-state index in [0.717, 1.165) is 11.3 Å². The first-order chi connectivity index (χ1) is 12.9. The minimum Gasteiger partial charge on any atom is -0.362 e. The van der Waals surface area contributed by atoms with Gasteiger partial charge in [0.1, 0.15) is 0 Å². The molecule has 27 heavy (non-hydrogen) atoms. The lowest BCUT2D eigenvalue weighted by molar-refractivity contribution is -0.162. The smallest absolute Gasteiger partial charge is 0.255 e. The van der Waals surface area contributed by atoms with Gasteiger partial charge in [-0.2, -0.15) is 0 Å². The molecular formula is C21H25N3O3. The maximum Gasteiger partial charge on any atom is 0.255 e. The number of aromatic nitrogens is 1. The van der Waals surface area contributed by atoms with Gasteiger partial charge in [0.2, 0.25) is 0 Å². The normalized spacial score (nSPS) is 19.6. The van der Waals surface area contributed by atoms with E-state index in [1.165, 1.54) is 4.90 Å². The highest BCUT2D eigenvalue weighted by Gasteiger charge is 2.41. The Morgan fingerprint density at radius 1 is 1.22 bits per heavy atom. The van der Waals surface area contributed by atoms with Crippen LogP contribution >= 0.6 is 0 Å². The van der Waals surface area contributed by atoms with Crippen molar-refractivity contribution in [3.05, 3.63) is 65.5 Å². The molecule has 1 aromatic heterocycles. The molecule has 1 atom stereocenters. The van der Waals surface area contributed by atoms with Gasteiger partial charge in [-0.05, 0) is 24.6 Å². The molecule has 0 aliphatic carbocycles. The Labute approximate surface area is 159 Å². The number of benzene rings is 1. The fraction of sp³-hybridized carbons (Fsp3) is 0.381. The first-order valence-electron chi connectivity index (χ1n) is 9.03. The number of morpholine rings is 1. The predicted octanol–water partition coefficient (Wildman–Crippen LogP) is 1.99. The van der Waals surface area contributed by atoms with Crippen molar-refractivity contribution in [1.29, 1.82) is 0 Å². The number of rotatable bonds is 4. The summed E-state index contributed by atoms with van der Waals surface area (Å²) >= 11 is 0. The molecule has 1 saturated heterocycles. The number of hydrogen-bond acceptors (Lipinski definition) is 4. The number of carbonyl (C=O) groups is 2. The minimum atomic E-state index is -1.02. The van der Waals surface area contributed by atoms with E-state index < -0.39 is 5.60 Å². The highest BCUT2D eigenvalue weighted by Crippen LogP contribution is 2.21. The van der Waals surface area contributed by atoms with Gasteiger partial charge in [0, 0.05) is 44.5 Å². The van der Waals surface area contributed by atoms with Gasteiger partial charge in [0.25, 0.3) is 11.8 Å². The van der Waals surface area contributed by atoms with Gasteiger partial charge >= 0.3 is 0 Å². The van der Waals surface area contributed by atoms with E-state index >= 15 is 0 Å².